The van der Waals surface area contributed by atoms with Crippen LogP contribution in [0.1, 0.15) is 22.1 Å². The van der Waals surface area contributed by atoms with Gasteiger partial charge in [0.1, 0.15) is 6.54 Å². The van der Waals surface area contributed by atoms with Crippen LogP contribution in [0.25, 0.3) is 10.9 Å². The first kappa shape index (κ1) is 11.5. The molecule has 96 valence electrons. The number of aromatic nitrogens is 3. The van der Waals surface area contributed by atoms with Gasteiger partial charge < -0.3 is 14.2 Å². The molecule has 0 saturated carbocycles. The smallest absolute Gasteiger partial charge is 0.335 e. The Morgan fingerprint density at radius 2 is 2.26 bits per heavy atom. The second-order valence-electron chi connectivity index (χ2n) is 4.26. The standard InChI is InChI=1S/C13H11N3O3/c1-8-14-12(19-15-8)7-16-5-4-9-6-10(13(17)18)2-3-11(9)16/h2-6H,7H2,1H3,(H,17,18). The molecular formula is C13H11N3O3. The van der Waals surface area contributed by atoms with Gasteiger partial charge in [0.25, 0.3) is 0 Å². The first-order chi connectivity index (χ1) is 9.13. The monoisotopic (exact) mass is 257 g/mol. The highest BCUT2D eigenvalue weighted by Gasteiger charge is 2.09. The molecule has 19 heavy (non-hydrogen) atoms. The van der Waals surface area contributed by atoms with Crippen molar-refractivity contribution in [3.63, 3.8) is 0 Å². The van der Waals surface area contributed by atoms with Crippen LogP contribution in [0.4, 0.5) is 0 Å². The van der Waals surface area contributed by atoms with Gasteiger partial charge in [-0.05, 0) is 31.2 Å². The van der Waals surface area contributed by atoms with Crippen molar-refractivity contribution >= 4 is 16.9 Å². The molecule has 0 fully saturated rings. The zero-order valence-corrected chi connectivity index (χ0v) is 10.2. The molecule has 0 bridgehead atoms. The molecule has 0 aliphatic rings. The lowest BCUT2D eigenvalue weighted by molar-refractivity contribution is 0.0697. The maximum absolute atomic E-state index is 10.9. The first-order valence-electron chi connectivity index (χ1n) is 5.75. The maximum Gasteiger partial charge on any atom is 0.335 e. The van der Waals surface area contributed by atoms with Gasteiger partial charge in [0, 0.05) is 17.1 Å². The molecule has 2 aromatic heterocycles. The molecule has 2 heterocycles. The van der Waals surface area contributed by atoms with Crippen molar-refractivity contribution in [3.8, 4) is 0 Å². The second-order valence-corrected chi connectivity index (χ2v) is 4.26. The van der Waals surface area contributed by atoms with Crippen LogP contribution in [0.5, 0.6) is 0 Å². The minimum atomic E-state index is -0.929. The van der Waals surface area contributed by atoms with Crippen LogP contribution in [0.2, 0.25) is 0 Å². The fourth-order valence-electron chi connectivity index (χ4n) is 2.02. The van der Waals surface area contributed by atoms with E-state index in [2.05, 4.69) is 10.1 Å². The van der Waals surface area contributed by atoms with Crippen LogP contribution in [0, 0.1) is 6.92 Å². The third-order valence-corrected chi connectivity index (χ3v) is 2.89. The summed E-state index contributed by atoms with van der Waals surface area (Å²) in [4.78, 5) is 15.1. The summed E-state index contributed by atoms with van der Waals surface area (Å²) < 4.78 is 7.01. The molecule has 0 saturated heterocycles. The van der Waals surface area contributed by atoms with E-state index in [0.29, 0.717) is 18.3 Å². The average Bonchev–Trinajstić information content (AvgIpc) is 2.96. The first-order valence-corrected chi connectivity index (χ1v) is 5.75. The van der Waals surface area contributed by atoms with Crippen LogP contribution >= 0.6 is 0 Å². The van der Waals surface area contributed by atoms with Crippen molar-refractivity contribution in [2.45, 2.75) is 13.5 Å². The van der Waals surface area contributed by atoms with Crippen LogP contribution in [-0.2, 0) is 6.54 Å². The Bertz CT molecular complexity index is 757. The van der Waals surface area contributed by atoms with Gasteiger partial charge in [0.05, 0.1) is 5.56 Å². The van der Waals surface area contributed by atoms with E-state index in [1.165, 1.54) is 0 Å². The largest absolute Gasteiger partial charge is 0.478 e. The average molecular weight is 257 g/mol. The molecule has 3 rings (SSSR count). The second kappa shape index (κ2) is 4.24. The van der Waals surface area contributed by atoms with E-state index in [0.717, 1.165) is 10.9 Å². The summed E-state index contributed by atoms with van der Waals surface area (Å²) in [7, 11) is 0. The molecule has 0 aliphatic heterocycles. The topological polar surface area (TPSA) is 81.2 Å². The number of nitrogens with zero attached hydrogens (tertiary/aromatic N) is 3. The van der Waals surface area contributed by atoms with Crippen molar-refractivity contribution in [2.24, 2.45) is 0 Å². The minimum Gasteiger partial charge on any atom is -0.478 e. The lowest BCUT2D eigenvalue weighted by Gasteiger charge is -2.02. The molecule has 0 spiro atoms. The number of aryl methyl sites for hydroxylation is 1. The third-order valence-electron chi connectivity index (χ3n) is 2.89. The van der Waals surface area contributed by atoms with Gasteiger partial charge in [-0.3, -0.25) is 0 Å². The number of carboxylic acid groups (broad SMARTS) is 1. The van der Waals surface area contributed by atoms with Gasteiger partial charge in [-0.25, -0.2) is 4.79 Å². The highest BCUT2D eigenvalue weighted by Crippen LogP contribution is 2.18. The fourth-order valence-corrected chi connectivity index (χ4v) is 2.02. The molecule has 0 unspecified atom stereocenters. The molecule has 0 radical (unpaired) electrons. The van der Waals surface area contributed by atoms with Gasteiger partial charge in [-0.1, -0.05) is 5.16 Å². The number of benzene rings is 1. The summed E-state index contributed by atoms with van der Waals surface area (Å²) in [5, 5.41) is 13.6. The van der Waals surface area contributed by atoms with Crippen molar-refractivity contribution in [3.05, 3.63) is 47.7 Å². The number of hydrogen-bond acceptors (Lipinski definition) is 4. The number of fused-ring (bicyclic) bond motifs is 1. The van der Waals surface area contributed by atoms with Gasteiger partial charge in [-0.15, -0.1) is 0 Å². The molecule has 1 aromatic carbocycles. The predicted octanol–water partition coefficient (Wildman–Crippen LogP) is 2.08. The van der Waals surface area contributed by atoms with E-state index >= 15 is 0 Å². The van der Waals surface area contributed by atoms with E-state index < -0.39 is 5.97 Å². The predicted molar refractivity (Wildman–Crippen MR) is 67.0 cm³/mol. The molecule has 6 nitrogen and oxygen atoms in total. The number of carbonyl (C=O) groups is 1. The zero-order chi connectivity index (χ0) is 13.4. The van der Waals surface area contributed by atoms with Crippen LogP contribution < -0.4 is 0 Å². The third kappa shape index (κ3) is 2.08. The summed E-state index contributed by atoms with van der Waals surface area (Å²) >= 11 is 0. The summed E-state index contributed by atoms with van der Waals surface area (Å²) in [6.45, 7) is 2.23. The number of rotatable bonds is 3. The fraction of sp³-hybridized carbons (Fsp3) is 0.154. The minimum absolute atomic E-state index is 0.277. The van der Waals surface area contributed by atoms with Crippen molar-refractivity contribution in [2.75, 3.05) is 0 Å². The molecular weight excluding hydrogens is 246 g/mol. The normalized spacial score (nSPS) is 11.0. The number of carboxylic acids is 1. The molecule has 6 heteroatoms. The van der Waals surface area contributed by atoms with E-state index in [4.69, 9.17) is 9.63 Å². The van der Waals surface area contributed by atoms with Crippen molar-refractivity contribution < 1.29 is 14.4 Å². The maximum atomic E-state index is 10.9. The SMILES string of the molecule is Cc1noc(Cn2ccc3cc(C(=O)O)ccc32)n1. The van der Waals surface area contributed by atoms with Gasteiger partial charge >= 0.3 is 5.97 Å². The van der Waals surface area contributed by atoms with Crippen molar-refractivity contribution in [1.82, 2.24) is 14.7 Å². The number of hydrogen-bond donors (Lipinski definition) is 1. The molecule has 0 aliphatic carbocycles. The van der Waals surface area contributed by atoms with E-state index in [9.17, 15) is 4.79 Å². The van der Waals surface area contributed by atoms with Crippen LogP contribution in [0.15, 0.2) is 35.0 Å². The Hall–Kier alpha value is -2.63. The van der Waals surface area contributed by atoms with Gasteiger partial charge in [-0.2, -0.15) is 4.98 Å². The summed E-state index contributed by atoms with van der Waals surface area (Å²) in [5.41, 5.74) is 1.21. The Labute approximate surface area is 108 Å². The molecule has 1 N–H and O–H groups in total. The highest BCUT2D eigenvalue weighted by molar-refractivity contribution is 5.93. The van der Waals surface area contributed by atoms with E-state index in [1.807, 2.05) is 16.8 Å². The van der Waals surface area contributed by atoms with Crippen LogP contribution in [0.3, 0.4) is 0 Å². The van der Waals surface area contributed by atoms with Gasteiger partial charge in [0.2, 0.25) is 5.89 Å². The Morgan fingerprint density at radius 3 is 2.95 bits per heavy atom. The lowest BCUT2D eigenvalue weighted by Crippen LogP contribution is -1.99. The Balaban J connectivity index is 1.99. The zero-order valence-electron chi connectivity index (χ0n) is 10.2. The van der Waals surface area contributed by atoms with E-state index in [1.54, 1.807) is 25.1 Å². The highest BCUT2D eigenvalue weighted by atomic mass is 16.5. The Kier molecular flexibility index (Phi) is 2.56. The Morgan fingerprint density at radius 1 is 1.42 bits per heavy atom. The van der Waals surface area contributed by atoms with Gasteiger partial charge in [0.15, 0.2) is 5.82 Å². The van der Waals surface area contributed by atoms with E-state index in [-0.39, 0.29) is 5.56 Å². The lowest BCUT2D eigenvalue weighted by atomic mass is 10.1. The molecule has 3 aromatic rings. The quantitative estimate of drug-likeness (QED) is 0.776. The van der Waals surface area contributed by atoms with Crippen molar-refractivity contribution in [1.29, 1.82) is 0 Å². The van der Waals surface area contributed by atoms with Crippen LogP contribution in [-0.4, -0.2) is 25.8 Å². The summed E-state index contributed by atoms with van der Waals surface area (Å²) in [5.74, 6) is 0.194. The molecule has 0 atom stereocenters. The summed E-state index contributed by atoms with van der Waals surface area (Å²) in [6.07, 6.45) is 1.87. The number of aromatic carboxylic acids is 1. The summed E-state index contributed by atoms with van der Waals surface area (Å²) in [6, 6.07) is 6.88. The molecule has 0 amide bonds.